The van der Waals surface area contributed by atoms with E-state index in [1.54, 1.807) is 12.1 Å². The third kappa shape index (κ3) is 4.19. The summed E-state index contributed by atoms with van der Waals surface area (Å²) in [5.74, 6) is -3.39. The van der Waals surface area contributed by atoms with Crippen molar-refractivity contribution in [2.24, 2.45) is 10.9 Å². The van der Waals surface area contributed by atoms with Crippen LogP contribution in [-0.2, 0) is 25.5 Å². The van der Waals surface area contributed by atoms with Crippen molar-refractivity contribution in [2.45, 2.75) is 12.5 Å². The number of carbonyl (C=O) groups is 4. The Morgan fingerprint density at radius 1 is 1.36 bits per heavy atom. The molecule has 0 radical (unpaired) electrons. The average Bonchev–Trinajstić information content (AvgIpc) is 2.59. The van der Waals surface area contributed by atoms with E-state index >= 15 is 0 Å². The fraction of sp³-hybridized carbons (Fsp3) is 0.312. The number of ether oxygens (including phenoxy) is 1. The van der Waals surface area contributed by atoms with Crippen LogP contribution in [0.1, 0.15) is 5.56 Å². The number of hydrogen-bond acceptors (Lipinski definition) is 7. The Kier molecular flexibility index (Phi) is 5.48. The number of amides is 4. The molecular formula is C16H17N3O6. The quantitative estimate of drug-likeness (QED) is 0.434. The van der Waals surface area contributed by atoms with Crippen LogP contribution in [0.5, 0.6) is 5.75 Å². The first-order valence-electron chi connectivity index (χ1n) is 7.35. The zero-order valence-electron chi connectivity index (χ0n) is 13.6. The van der Waals surface area contributed by atoms with Gasteiger partial charge in [-0.1, -0.05) is 12.1 Å². The second-order valence-electron chi connectivity index (χ2n) is 5.38. The van der Waals surface area contributed by atoms with Crippen LogP contribution in [0.2, 0.25) is 0 Å². The van der Waals surface area contributed by atoms with Gasteiger partial charge in [-0.25, -0.2) is 9.59 Å². The summed E-state index contributed by atoms with van der Waals surface area (Å²) < 4.78 is 4.69. The van der Waals surface area contributed by atoms with E-state index in [2.05, 4.69) is 9.73 Å². The highest BCUT2D eigenvalue weighted by molar-refractivity contribution is 6.23. The summed E-state index contributed by atoms with van der Waals surface area (Å²) in [4.78, 5) is 51.8. The maximum absolute atomic E-state index is 12.0. The molecule has 0 aromatic heterocycles. The van der Waals surface area contributed by atoms with Crippen molar-refractivity contribution >= 4 is 30.0 Å². The van der Waals surface area contributed by atoms with Crippen molar-refractivity contribution in [2.75, 3.05) is 14.2 Å². The van der Waals surface area contributed by atoms with E-state index in [1.165, 1.54) is 26.3 Å². The van der Waals surface area contributed by atoms with E-state index < -0.39 is 35.8 Å². The molecule has 4 amide bonds. The maximum atomic E-state index is 12.0. The monoisotopic (exact) mass is 347 g/mol. The van der Waals surface area contributed by atoms with Gasteiger partial charge >= 0.3 is 12.0 Å². The standard InChI is InChI=1S/C16H17N3O6/c1-19-14(22)11(13(21)18-16(19)24)8-17-12(15(23)25-2)7-9-3-5-10(20)6-4-9/h3-6,8,11-12,20H,7H2,1-2H3,(H,18,21,24)/t11-,12-/m0/s1. The lowest BCUT2D eigenvalue weighted by molar-refractivity contribution is -0.142. The first-order valence-corrected chi connectivity index (χ1v) is 7.35. The van der Waals surface area contributed by atoms with Crippen molar-refractivity contribution in [1.82, 2.24) is 10.2 Å². The number of phenolic OH excluding ortho intramolecular Hbond substituents is 1. The van der Waals surface area contributed by atoms with Crippen molar-refractivity contribution in [3.63, 3.8) is 0 Å². The number of aromatic hydroxyl groups is 1. The van der Waals surface area contributed by atoms with Gasteiger partial charge < -0.3 is 9.84 Å². The van der Waals surface area contributed by atoms with Crippen LogP contribution >= 0.6 is 0 Å². The molecule has 1 aliphatic heterocycles. The van der Waals surface area contributed by atoms with Crippen LogP contribution in [0.4, 0.5) is 4.79 Å². The van der Waals surface area contributed by atoms with Gasteiger partial charge in [-0.15, -0.1) is 0 Å². The zero-order chi connectivity index (χ0) is 18.6. The number of phenols is 1. The number of imide groups is 2. The second-order valence-corrected chi connectivity index (χ2v) is 5.38. The van der Waals surface area contributed by atoms with Crippen molar-refractivity contribution < 1.29 is 29.0 Å². The van der Waals surface area contributed by atoms with Gasteiger partial charge in [0, 0.05) is 19.7 Å². The first-order chi connectivity index (χ1) is 11.8. The highest BCUT2D eigenvalue weighted by Crippen LogP contribution is 2.14. The number of esters is 1. The number of carbonyl (C=O) groups excluding carboxylic acids is 4. The Bertz CT molecular complexity index is 728. The number of barbiturate groups is 1. The minimum absolute atomic E-state index is 0.0825. The number of nitrogens with zero attached hydrogens (tertiary/aromatic N) is 2. The zero-order valence-corrected chi connectivity index (χ0v) is 13.6. The smallest absolute Gasteiger partial charge is 0.330 e. The van der Waals surface area contributed by atoms with Gasteiger partial charge in [-0.2, -0.15) is 0 Å². The summed E-state index contributed by atoms with van der Waals surface area (Å²) >= 11 is 0. The third-order valence-electron chi connectivity index (χ3n) is 3.67. The van der Waals surface area contributed by atoms with E-state index in [0.717, 1.165) is 11.1 Å². The van der Waals surface area contributed by atoms with Crippen LogP contribution in [0.25, 0.3) is 0 Å². The SMILES string of the molecule is COC(=O)[C@H](Cc1ccc(O)cc1)N=C[C@H]1C(=O)NC(=O)N(C)C1=O. The number of aliphatic imine (C=N–C) groups is 1. The number of hydrogen-bond donors (Lipinski definition) is 2. The molecule has 9 heteroatoms. The summed E-state index contributed by atoms with van der Waals surface area (Å²) in [6.45, 7) is 0. The number of benzene rings is 1. The van der Waals surface area contributed by atoms with Crippen LogP contribution in [0.3, 0.4) is 0 Å². The molecule has 132 valence electrons. The molecule has 1 aromatic rings. The predicted octanol–water partition coefficient (Wildman–Crippen LogP) is -0.129. The lowest BCUT2D eigenvalue weighted by Crippen LogP contribution is -2.56. The summed E-state index contributed by atoms with van der Waals surface area (Å²) in [7, 11) is 2.44. The van der Waals surface area contributed by atoms with E-state index in [4.69, 9.17) is 0 Å². The molecule has 1 fully saturated rings. The number of methoxy groups -OCH3 is 1. The molecule has 1 aliphatic rings. The molecule has 1 saturated heterocycles. The number of urea groups is 1. The summed E-state index contributed by atoms with van der Waals surface area (Å²) in [6, 6.07) is 4.38. The molecule has 1 aromatic carbocycles. The van der Waals surface area contributed by atoms with Crippen molar-refractivity contribution in [3.05, 3.63) is 29.8 Å². The summed E-state index contributed by atoms with van der Waals surface area (Å²) in [5.41, 5.74) is 0.706. The lowest BCUT2D eigenvalue weighted by Gasteiger charge is -2.25. The largest absolute Gasteiger partial charge is 0.508 e. The Balaban J connectivity index is 2.18. The summed E-state index contributed by atoms with van der Waals surface area (Å²) in [6.07, 6.45) is 1.20. The van der Waals surface area contributed by atoms with Gasteiger partial charge in [0.2, 0.25) is 11.8 Å². The molecule has 2 rings (SSSR count). The van der Waals surface area contributed by atoms with E-state index in [1.807, 2.05) is 5.32 Å². The number of rotatable bonds is 5. The Morgan fingerprint density at radius 3 is 2.60 bits per heavy atom. The summed E-state index contributed by atoms with van der Waals surface area (Å²) in [5, 5.41) is 11.3. The van der Waals surface area contributed by atoms with Gasteiger partial charge in [-0.05, 0) is 17.7 Å². The lowest BCUT2D eigenvalue weighted by atomic mass is 10.0. The van der Waals surface area contributed by atoms with Crippen LogP contribution in [-0.4, -0.2) is 60.2 Å². The van der Waals surface area contributed by atoms with Gasteiger partial charge in [0.25, 0.3) is 0 Å². The molecule has 0 saturated carbocycles. The highest BCUT2D eigenvalue weighted by atomic mass is 16.5. The van der Waals surface area contributed by atoms with Gasteiger partial charge in [-0.3, -0.25) is 24.8 Å². The molecule has 1 heterocycles. The third-order valence-corrected chi connectivity index (χ3v) is 3.67. The minimum Gasteiger partial charge on any atom is -0.508 e. The molecule has 0 aliphatic carbocycles. The topological polar surface area (TPSA) is 125 Å². The van der Waals surface area contributed by atoms with E-state index in [9.17, 15) is 24.3 Å². The van der Waals surface area contributed by atoms with Gasteiger partial charge in [0.1, 0.15) is 5.75 Å². The fourth-order valence-electron chi connectivity index (χ4n) is 2.20. The predicted molar refractivity (Wildman–Crippen MR) is 85.9 cm³/mol. The number of nitrogens with one attached hydrogen (secondary N) is 1. The average molecular weight is 347 g/mol. The molecule has 0 unspecified atom stereocenters. The molecule has 9 nitrogen and oxygen atoms in total. The Labute approximate surface area is 143 Å². The van der Waals surface area contributed by atoms with Crippen LogP contribution in [0.15, 0.2) is 29.3 Å². The normalized spacial score (nSPS) is 19.0. The van der Waals surface area contributed by atoms with Crippen LogP contribution < -0.4 is 5.32 Å². The highest BCUT2D eigenvalue weighted by Gasteiger charge is 2.37. The molecule has 2 atom stereocenters. The maximum Gasteiger partial charge on any atom is 0.330 e. The Hall–Kier alpha value is -3.23. The molecule has 25 heavy (non-hydrogen) atoms. The molecule has 2 N–H and O–H groups in total. The van der Waals surface area contributed by atoms with Crippen molar-refractivity contribution in [3.8, 4) is 5.75 Å². The van der Waals surface area contributed by atoms with Gasteiger partial charge in [0.15, 0.2) is 12.0 Å². The molecular weight excluding hydrogens is 330 g/mol. The van der Waals surface area contributed by atoms with Crippen molar-refractivity contribution in [1.29, 1.82) is 0 Å². The van der Waals surface area contributed by atoms with Gasteiger partial charge in [0.05, 0.1) is 7.11 Å². The molecule has 0 bridgehead atoms. The fourth-order valence-corrected chi connectivity index (χ4v) is 2.20. The van der Waals surface area contributed by atoms with Crippen LogP contribution in [0, 0.1) is 5.92 Å². The Morgan fingerprint density at radius 2 is 2.00 bits per heavy atom. The first kappa shape index (κ1) is 18.1. The van der Waals surface area contributed by atoms with E-state index in [0.29, 0.717) is 5.56 Å². The van der Waals surface area contributed by atoms with E-state index in [-0.39, 0.29) is 12.2 Å². The second kappa shape index (κ2) is 7.56. The minimum atomic E-state index is -1.30. The molecule has 0 spiro atoms.